The van der Waals surface area contributed by atoms with E-state index in [1.807, 2.05) is 25.1 Å². The zero-order valence-corrected chi connectivity index (χ0v) is 11.4. The summed E-state index contributed by atoms with van der Waals surface area (Å²) in [5.41, 5.74) is 1.68. The number of imide groups is 1. The third-order valence-corrected chi connectivity index (χ3v) is 3.36. The lowest BCUT2D eigenvalue weighted by Crippen LogP contribution is -2.57. The Bertz CT molecular complexity index is 556. The highest BCUT2D eigenvalue weighted by Gasteiger charge is 2.34. The van der Waals surface area contributed by atoms with Crippen LogP contribution in [0.2, 0.25) is 0 Å². The lowest BCUT2D eigenvalue weighted by Gasteiger charge is -2.28. The van der Waals surface area contributed by atoms with Gasteiger partial charge in [0.15, 0.2) is 0 Å². The van der Waals surface area contributed by atoms with E-state index in [0.717, 1.165) is 11.3 Å². The number of hydrogen-bond acceptors (Lipinski definition) is 3. The van der Waals surface area contributed by atoms with Crippen molar-refractivity contribution in [2.45, 2.75) is 26.3 Å². The van der Waals surface area contributed by atoms with Gasteiger partial charge in [-0.15, -0.1) is 0 Å². The standard InChI is InChI=1S/C14H17N3O3/c1-8-5-3-4-6-11(8)16-12(18)7-10-9(2)15-14(20)17-13(10)19/h3-6,9-10H,7H2,1-2H3,(H,16,18)(H2,15,17,19,20). The van der Waals surface area contributed by atoms with Crippen molar-refractivity contribution in [3.8, 4) is 0 Å². The summed E-state index contributed by atoms with van der Waals surface area (Å²) in [6.45, 7) is 3.61. The Morgan fingerprint density at radius 3 is 2.65 bits per heavy atom. The van der Waals surface area contributed by atoms with Gasteiger partial charge < -0.3 is 10.6 Å². The summed E-state index contributed by atoms with van der Waals surface area (Å²) in [5.74, 6) is -1.22. The van der Waals surface area contributed by atoms with Crippen molar-refractivity contribution >= 4 is 23.5 Å². The SMILES string of the molecule is Cc1ccccc1NC(=O)CC1C(=O)NC(=O)NC1C. The van der Waals surface area contributed by atoms with E-state index in [4.69, 9.17) is 0 Å². The summed E-state index contributed by atoms with van der Waals surface area (Å²) in [6, 6.07) is 6.54. The highest BCUT2D eigenvalue weighted by Crippen LogP contribution is 2.17. The predicted octanol–water partition coefficient (Wildman–Crippen LogP) is 1.17. The summed E-state index contributed by atoms with van der Waals surface area (Å²) in [4.78, 5) is 34.8. The second kappa shape index (κ2) is 5.73. The minimum Gasteiger partial charge on any atom is -0.335 e. The number of nitrogens with one attached hydrogen (secondary N) is 3. The van der Waals surface area contributed by atoms with Crippen LogP contribution in [0.4, 0.5) is 10.5 Å². The first-order valence-corrected chi connectivity index (χ1v) is 6.44. The van der Waals surface area contributed by atoms with Crippen LogP contribution in [0.5, 0.6) is 0 Å². The van der Waals surface area contributed by atoms with Gasteiger partial charge in [-0.1, -0.05) is 18.2 Å². The summed E-state index contributed by atoms with van der Waals surface area (Å²) < 4.78 is 0. The second-order valence-electron chi connectivity index (χ2n) is 4.93. The smallest absolute Gasteiger partial charge is 0.321 e. The molecule has 1 saturated heterocycles. The molecule has 0 aliphatic carbocycles. The molecule has 3 N–H and O–H groups in total. The van der Waals surface area contributed by atoms with E-state index in [1.165, 1.54) is 0 Å². The molecular formula is C14H17N3O3. The Hall–Kier alpha value is -2.37. The van der Waals surface area contributed by atoms with Crippen molar-refractivity contribution in [2.75, 3.05) is 5.32 Å². The fourth-order valence-corrected chi connectivity index (χ4v) is 2.16. The van der Waals surface area contributed by atoms with Crippen LogP contribution in [-0.4, -0.2) is 23.9 Å². The number of anilines is 1. The van der Waals surface area contributed by atoms with Crippen LogP contribution >= 0.6 is 0 Å². The molecule has 0 spiro atoms. The van der Waals surface area contributed by atoms with Gasteiger partial charge in [0.25, 0.3) is 0 Å². The van der Waals surface area contributed by atoms with Crippen LogP contribution in [0.3, 0.4) is 0 Å². The van der Waals surface area contributed by atoms with E-state index in [-0.39, 0.29) is 18.4 Å². The molecule has 1 aromatic rings. The molecule has 1 aromatic carbocycles. The lowest BCUT2D eigenvalue weighted by atomic mass is 9.94. The fourth-order valence-electron chi connectivity index (χ4n) is 2.16. The van der Waals surface area contributed by atoms with Crippen molar-refractivity contribution in [1.29, 1.82) is 0 Å². The highest BCUT2D eigenvalue weighted by molar-refractivity contribution is 6.01. The molecule has 2 rings (SSSR count). The van der Waals surface area contributed by atoms with Crippen molar-refractivity contribution in [2.24, 2.45) is 5.92 Å². The quantitative estimate of drug-likeness (QED) is 0.773. The van der Waals surface area contributed by atoms with Crippen LogP contribution in [0.1, 0.15) is 18.9 Å². The van der Waals surface area contributed by atoms with E-state index < -0.39 is 17.9 Å². The summed E-state index contributed by atoms with van der Waals surface area (Å²) in [7, 11) is 0. The second-order valence-corrected chi connectivity index (χ2v) is 4.93. The number of carbonyl (C=O) groups excluding carboxylic acids is 3. The Morgan fingerprint density at radius 1 is 1.30 bits per heavy atom. The first-order chi connectivity index (χ1) is 9.47. The minimum atomic E-state index is -0.559. The molecule has 1 aliphatic heterocycles. The molecule has 4 amide bonds. The van der Waals surface area contributed by atoms with Crippen molar-refractivity contribution in [3.63, 3.8) is 0 Å². The fraction of sp³-hybridized carbons (Fsp3) is 0.357. The number of benzene rings is 1. The number of para-hydroxylation sites is 1. The maximum atomic E-state index is 12.0. The van der Waals surface area contributed by atoms with E-state index in [0.29, 0.717) is 0 Å². The van der Waals surface area contributed by atoms with Crippen LogP contribution in [-0.2, 0) is 9.59 Å². The summed E-state index contributed by atoms with van der Waals surface area (Å²) in [6.07, 6.45) is 0.0294. The molecule has 1 heterocycles. The summed E-state index contributed by atoms with van der Waals surface area (Å²) in [5, 5.41) is 7.54. The average molecular weight is 275 g/mol. The molecular weight excluding hydrogens is 258 g/mol. The largest absolute Gasteiger partial charge is 0.335 e. The van der Waals surface area contributed by atoms with E-state index in [2.05, 4.69) is 16.0 Å². The van der Waals surface area contributed by atoms with Gasteiger partial charge in [-0.2, -0.15) is 0 Å². The molecule has 1 aliphatic rings. The summed E-state index contributed by atoms with van der Waals surface area (Å²) >= 11 is 0. The van der Waals surface area contributed by atoms with Crippen LogP contribution in [0.25, 0.3) is 0 Å². The predicted molar refractivity (Wildman–Crippen MR) is 74.1 cm³/mol. The first-order valence-electron chi connectivity index (χ1n) is 6.44. The molecule has 0 aromatic heterocycles. The van der Waals surface area contributed by atoms with E-state index >= 15 is 0 Å². The lowest BCUT2D eigenvalue weighted by molar-refractivity contribution is -0.129. The topological polar surface area (TPSA) is 87.3 Å². The van der Waals surface area contributed by atoms with Crippen LogP contribution in [0.15, 0.2) is 24.3 Å². The molecule has 1 fully saturated rings. The zero-order valence-electron chi connectivity index (χ0n) is 11.4. The van der Waals surface area contributed by atoms with Gasteiger partial charge >= 0.3 is 6.03 Å². The number of urea groups is 1. The Kier molecular flexibility index (Phi) is 4.02. The van der Waals surface area contributed by atoms with Crippen molar-refractivity contribution in [3.05, 3.63) is 29.8 Å². The van der Waals surface area contributed by atoms with Crippen LogP contribution in [0, 0.1) is 12.8 Å². The molecule has 0 radical (unpaired) electrons. The van der Waals surface area contributed by atoms with Gasteiger partial charge in [-0.05, 0) is 25.5 Å². The average Bonchev–Trinajstić information content (AvgIpc) is 2.36. The molecule has 2 atom stereocenters. The Morgan fingerprint density at radius 2 is 2.00 bits per heavy atom. The van der Waals surface area contributed by atoms with Gasteiger partial charge in [0.05, 0.1) is 5.92 Å². The van der Waals surface area contributed by atoms with Crippen LogP contribution < -0.4 is 16.0 Å². The van der Waals surface area contributed by atoms with Crippen molar-refractivity contribution < 1.29 is 14.4 Å². The molecule has 0 bridgehead atoms. The van der Waals surface area contributed by atoms with Crippen molar-refractivity contribution in [1.82, 2.24) is 10.6 Å². The molecule has 20 heavy (non-hydrogen) atoms. The van der Waals surface area contributed by atoms with Gasteiger partial charge in [0.1, 0.15) is 0 Å². The monoisotopic (exact) mass is 275 g/mol. The number of aryl methyl sites for hydroxylation is 1. The minimum absolute atomic E-state index is 0.0294. The zero-order chi connectivity index (χ0) is 14.7. The third-order valence-electron chi connectivity index (χ3n) is 3.36. The highest BCUT2D eigenvalue weighted by atomic mass is 16.2. The van der Waals surface area contributed by atoms with E-state index in [9.17, 15) is 14.4 Å². The molecule has 0 saturated carbocycles. The maximum absolute atomic E-state index is 12.0. The number of amides is 4. The van der Waals surface area contributed by atoms with Gasteiger partial charge in [0.2, 0.25) is 11.8 Å². The number of rotatable bonds is 3. The molecule has 6 heteroatoms. The van der Waals surface area contributed by atoms with E-state index in [1.54, 1.807) is 13.0 Å². The first kappa shape index (κ1) is 14.0. The number of hydrogen-bond donors (Lipinski definition) is 3. The number of carbonyl (C=O) groups is 3. The maximum Gasteiger partial charge on any atom is 0.321 e. The van der Waals surface area contributed by atoms with Gasteiger partial charge in [0, 0.05) is 18.2 Å². The molecule has 6 nitrogen and oxygen atoms in total. The molecule has 106 valence electrons. The Balaban J connectivity index is 1.99. The normalized spacial score (nSPS) is 21.9. The molecule has 2 unspecified atom stereocenters. The van der Waals surface area contributed by atoms with Gasteiger partial charge in [-0.3, -0.25) is 14.9 Å². The Labute approximate surface area is 116 Å². The van der Waals surface area contributed by atoms with Gasteiger partial charge in [-0.25, -0.2) is 4.79 Å². The third kappa shape index (κ3) is 3.14.